The van der Waals surface area contributed by atoms with Gasteiger partial charge in [0.25, 0.3) is 0 Å². The van der Waals surface area contributed by atoms with Gasteiger partial charge in [0.15, 0.2) is 6.29 Å². The number of carbonyl (C=O) groups excluding carboxylic acids is 1. The van der Waals surface area contributed by atoms with Crippen LogP contribution in [0.25, 0.3) is 0 Å². The van der Waals surface area contributed by atoms with Crippen LogP contribution in [0, 0.1) is 0 Å². The first-order valence-electron chi connectivity index (χ1n) is 4.05. The molecule has 0 amide bonds. The lowest BCUT2D eigenvalue weighted by atomic mass is 10.2. The fraction of sp³-hybridized carbons (Fsp3) is 0.300. The molecule has 0 radical (unpaired) electrons. The highest BCUT2D eigenvalue weighted by atomic mass is 79.9. The molecule has 0 N–H and O–H groups in total. The van der Waals surface area contributed by atoms with Crippen LogP contribution in [-0.2, 0) is 0 Å². The zero-order chi connectivity index (χ0) is 9.84. The average molecular weight is 243 g/mol. The number of hydrogen-bond acceptors (Lipinski definition) is 2. The van der Waals surface area contributed by atoms with Gasteiger partial charge in [0.1, 0.15) is 5.75 Å². The fourth-order valence-corrected chi connectivity index (χ4v) is 1.35. The second-order valence-corrected chi connectivity index (χ2v) is 3.88. The summed E-state index contributed by atoms with van der Waals surface area (Å²) in [6, 6.07) is 5.38. The molecule has 0 heterocycles. The predicted molar refractivity (Wildman–Crippen MR) is 55.3 cm³/mol. The summed E-state index contributed by atoms with van der Waals surface area (Å²) in [5.74, 6) is 0.633. The fourth-order valence-electron chi connectivity index (χ4n) is 0.973. The van der Waals surface area contributed by atoms with Crippen LogP contribution in [0.3, 0.4) is 0 Å². The minimum atomic E-state index is 0.0832. The minimum absolute atomic E-state index is 0.0832. The van der Waals surface area contributed by atoms with Gasteiger partial charge in [0.05, 0.1) is 11.7 Å². The van der Waals surface area contributed by atoms with Crippen LogP contribution in [0.1, 0.15) is 24.2 Å². The van der Waals surface area contributed by atoms with E-state index in [0.717, 1.165) is 10.8 Å². The Morgan fingerprint density at radius 3 is 2.69 bits per heavy atom. The molecule has 2 nitrogen and oxygen atoms in total. The maximum Gasteiger partial charge on any atom is 0.153 e. The molecule has 0 saturated carbocycles. The highest BCUT2D eigenvalue weighted by Gasteiger charge is 2.04. The molecule has 70 valence electrons. The number of aldehydes is 1. The molecule has 0 aliphatic carbocycles. The van der Waals surface area contributed by atoms with Crippen molar-refractivity contribution in [3.8, 4) is 5.75 Å². The smallest absolute Gasteiger partial charge is 0.153 e. The van der Waals surface area contributed by atoms with Gasteiger partial charge in [-0.3, -0.25) is 4.79 Å². The highest BCUT2D eigenvalue weighted by molar-refractivity contribution is 9.10. The summed E-state index contributed by atoms with van der Waals surface area (Å²) in [6.07, 6.45) is 0.877. The Hall–Kier alpha value is -0.830. The quantitative estimate of drug-likeness (QED) is 0.762. The van der Waals surface area contributed by atoms with Crippen LogP contribution < -0.4 is 4.74 Å². The van der Waals surface area contributed by atoms with E-state index in [4.69, 9.17) is 4.74 Å². The molecule has 1 aromatic carbocycles. The third-order valence-corrected chi connectivity index (χ3v) is 1.95. The van der Waals surface area contributed by atoms with Gasteiger partial charge >= 0.3 is 0 Å². The van der Waals surface area contributed by atoms with Gasteiger partial charge in [0, 0.05) is 4.47 Å². The molecule has 3 heteroatoms. The first-order chi connectivity index (χ1) is 6.13. The van der Waals surface area contributed by atoms with Crippen LogP contribution in [0.2, 0.25) is 0 Å². The standard InChI is InChI=1S/C10H11BrO2/c1-7(2)13-10-4-3-9(11)5-8(10)6-12/h3-7H,1-2H3. The molecule has 0 aromatic heterocycles. The summed E-state index contributed by atoms with van der Waals surface area (Å²) in [4.78, 5) is 10.7. The molecule has 0 saturated heterocycles. The summed E-state index contributed by atoms with van der Waals surface area (Å²) < 4.78 is 6.32. The lowest BCUT2D eigenvalue weighted by Crippen LogP contribution is -2.07. The van der Waals surface area contributed by atoms with Crippen molar-refractivity contribution in [2.45, 2.75) is 20.0 Å². The summed E-state index contributed by atoms with van der Waals surface area (Å²) in [5.41, 5.74) is 0.572. The van der Waals surface area contributed by atoms with Crippen molar-refractivity contribution in [1.82, 2.24) is 0 Å². The number of carbonyl (C=O) groups is 1. The summed E-state index contributed by atoms with van der Waals surface area (Å²) in [6.45, 7) is 3.85. The van der Waals surface area contributed by atoms with E-state index in [1.54, 1.807) is 12.1 Å². The van der Waals surface area contributed by atoms with Crippen molar-refractivity contribution in [2.24, 2.45) is 0 Å². The van der Waals surface area contributed by atoms with Gasteiger partial charge in [-0.05, 0) is 32.0 Å². The van der Waals surface area contributed by atoms with Crippen molar-refractivity contribution in [2.75, 3.05) is 0 Å². The Balaban J connectivity index is 2.99. The zero-order valence-corrected chi connectivity index (χ0v) is 9.17. The minimum Gasteiger partial charge on any atom is -0.490 e. The number of rotatable bonds is 3. The molecule has 1 rings (SSSR count). The number of benzene rings is 1. The average Bonchev–Trinajstić information content (AvgIpc) is 2.07. The normalized spacial score (nSPS) is 10.2. The van der Waals surface area contributed by atoms with E-state index in [9.17, 15) is 4.79 Å². The molecule has 0 fully saturated rings. The SMILES string of the molecule is CC(C)Oc1ccc(Br)cc1C=O. The van der Waals surface area contributed by atoms with Crippen LogP contribution >= 0.6 is 15.9 Å². The second-order valence-electron chi connectivity index (χ2n) is 2.97. The van der Waals surface area contributed by atoms with Gasteiger partial charge in [-0.15, -0.1) is 0 Å². The third kappa shape index (κ3) is 2.84. The van der Waals surface area contributed by atoms with E-state index < -0.39 is 0 Å². The Labute approximate surface area is 86.0 Å². The van der Waals surface area contributed by atoms with Gasteiger partial charge in [0.2, 0.25) is 0 Å². The Morgan fingerprint density at radius 2 is 2.15 bits per heavy atom. The monoisotopic (exact) mass is 242 g/mol. The lowest BCUT2D eigenvalue weighted by molar-refractivity contribution is 0.111. The molecule has 13 heavy (non-hydrogen) atoms. The van der Waals surface area contributed by atoms with Crippen LogP contribution in [0.5, 0.6) is 5.75 Å². The Kier molecular flexibility index (Phi) is 3.48. The highest BCUT2D eigenvalue weighted by Crippen LogP contribution is 2.22. The Bertz CT molecular complexity index is 308. The maximum absolute atomic E-state index is 10.7. The second kappa shape index (κ2) is 4.42. The van der Waals surface area contributed by atoms with E-state index in [0.29, 0.717) is 11.3 Å². The van der Waals surface area contributed by atoms with Crippen molar-refractivity contribution >= 4 is 22.2 Å². The van der Waals surface area contributed by atoms with Gasteiger partial charge in [-0.25, -0.2) is 0 Å². The summed E-state index contributed by atoms with van der Waals surface area (Å²) in [7, 11) is 0. The van der Waals surface area contributed by atoms with Gasteiger partial charge < -0.3 is 4.74 Å². The first kappa shape index (κ1) is 10.3. The van der Waals surface area contributed by atoms with E-state index in [-0.39, 0.29) is 6.10 Å². The van der Waals surface area contributed by atoms with E-state index >= 15 is 0 Å². The molecule has 0 spiro atoms. The topological polar surface area (TPSA) is 26.3 Å². The summed E-state index contributed by atoms with van der Waals surface area (Å²) in [5, 5.41) is 0. The van der Waals surface area contributed by atoms with E-state index in [1.165, 1.54) is 0 Å². The number of ether oxygens (including phenoxy) is 1. The van der Waals surface area contributed by atoms with Crippen molar-refractivity contribution in [3.05, 3.63) is 28.2 Å². The van der Waals surface area contributed by atoms with Gasteiger partial charge in [-0.2, -0.15) is 0 Å². The van der Waals surface area contributed by atoms with Crippen molar-refractivity contribution in [3.63, 3.8) is 0 Å². The van der Waals surface area contributed by atoms with Crippen LogP contribution in [0.15, 0.2) is 22.7 Å². The third-order valence-electron chi connectivity index (χ3n) is 1.46. The van der Waals surface area contributed by atoms with Crippen molar-refractivity contribution in [1.29, 1.82) is 0 Å². The predicted octanol–water partition coefficient (Wildman–Crippen LogP) is 3.05. The van der Waals surface area contributed by atoms with E-state index in [2.05, 4.69) is 15.9 Å². The van der Waals surface area contributed by atoms with E-state index in [1.807, 2.05) is 19.9 Å². The molecular weight excluding hydrogens is 232 g/mol. The largest absolute Gasteiger partial charge is 0.490 e. The van der Waals surface area contributed by atoms with Crippen LogP contribution in [-0.4, -0.2) is 12.4 Å². The molecular formula is C10H11BrO2. The van der Waals surface area contributed by atoms with Crippen molar-refractivity contribution < 1.29 is 9.53 Å². The molecule has 0 atom stereocenters. The zero-order valence-electron chi connectivity index (χ0n) is 7.58. The Morgan fingerprint density at radius 1 is 1.46 bits per heavy atom. The lowest BCUT2D eigenvalue weighted by Gasteiger charge is -2.11. The number of halogens is 1. The first-order valence-corrected chi connectivity index (χ1v) is 4.84. The molecule has 0 aliphatic rings. The molecule has 1 aromatic rings. The van der Waals surface area contributed by atoms with Gasteiger partial charge in [-0.1, -0.05) is 15.9 Å². The number of hydrogen-bond donors (Lipinski definition) is 0. The molecule has 0 bridgehead atoms. The maximum atomic E-state index is 10.7. The van der Waals surface area contributed by atoms with Crippen LogP contribution in [0.4, 0.5) is 0 Å². The molecule has 0 unspecified atom stereocenters. The molecule has 0 aliphatic heterocycles. The summed E-state index contributed by atoms with van der Waals surface area (Å²) >= 11 is 3.29.